The Bertz CT molecular complexity index is 1490. The molecular weight excluding hydrogens is 580 g/mol. The second-order valence-electron chi connectivity index (χ2n) is 12.7. The summed E-state index contributed by atoms with van der Waals surface area (Å²) in [7, 11) is 0. The number of nitrogens with zero attached hydrogens (tertiary/aromatic N) is 5. The van der Waals surface area contributed by atoms with Crippen molar-refractivity contribution in [2.24, 2.45) is 11.8 Å². The van der Waals surface area contributed by atoms with Crippen molar-refractivity contribution in [3.63, 3.8) is 0 Å². The molecule has 12 heteroatoms. The maximum absolute atomic E-state index is 13.1. The lowest BCUT2D eigenvalue weighted by molar-refractivity contribution is -0.140. The summed E-state index contributed by atoms with van der Waals surface area (Å²) < 4.78 is 12.2. The maximum Gasteiger partial charge on any atom is 0.229 e. The number of aliphatic hydroxyl groups is 1. The number of anilines is 1. The average molecular weight is 621 g/mol. The van der Waals surface area contributed by atoms with Crippen LogP contribution in [0.3, 0.4) is 0 Å². The van der Waals surface area contributed by atoms with Crippen LogP contribution in [0.4, 0.5) is 5.13 Å². The first-order valence-electron chi connectivity index (χ1n) is 15.9. The lowest BCUT2D eigenvalue weighted by Gasteiger charge is -2.49. The van der Waals surface area contributed by atoms with Gasteiger partial charge in [0.05, 0.1) is 34.9 Å². The van der Waals surface area contributed by atoms with Crippen molar-refractivity contribution in [3.8, 4) is 11.1 Å². The molecule has 2 amide bonds. The quantitative estimate of drug-likeness (QED) is 0.389. The fourth-order valence-electron chi connectivity index (χ4n) is 7.00. The SMILES string of the molecule is C[C@H]1CN(C(=O)[C@H]2CCOC2)CCN1C1CC(C(=O)Nc2nc3ccc(-c4cnc(CO[C@H]5CCC[C@@H]5O)nc4)cc3s2)C1. The van der Waals surface area contributed by atoms with E-state index in [2.05, 4.69) is 38.2 Å². The third-order valence-electron chi connectivity index (χ3n) is 9.72. The summed E-state index contributed by atoms with van der Waals surface area (Å²) >= 11 is 1.47. The van der Waals surface area contributed by atoms with Gasteiger partial charge in [-0.3, -0.25) is 14.5 Å². The number of nitrogens with one attached hydrogen (secondary N) is 1. The van der Waals surface area contributed by atoms with Crippen LogP contribution in [0.5, 0.6) is 0 Å². The largest absolute Gasteiger partial charge is 0.390 e. The molecule has 3 aromatic rings. The first-order chi connectivity index (χ1) is 21.4. The summed E-state index contributed by atoms with van der Waals surface area (Å²) in [5, 5.41) is 13.6. The van der Waals surface area contributed by atoms with Crippen molar-refractivity contribution in [3.05, 3.63) is 36.4 Å². The predicted molar refractivity (Wildman–Crippen MR) is 166 cm³/mol. The van der Waals surface area contributed by atoms with Gasteiger partial charge in [0.2, 0.25) is 11.8 Å². The Morgan fingerprint density at radius 1 is 1.11 bits per heavy atom. The zero-order valence-corrected chi connectivity index (χ0v) is 25.9. The summed E-state index contributed by atoms with van der Waals surface area (Å²) in [6, 6.07) is 6.66. The van der Waals surface area contributed by atoms with E-state index in [1.165, 1.54) is 11.3 Å². The van der Waals surface area contributed by atoms with Gasteiger partial charge in [-0.05, 0) is 63.1 Å². The van der Waals surface area contributed by atoms with E-state index in [0.717, 1.165) is 79.5 Å². The number of piperazine rings is 1. The fourth-order valence-corrected chi connectivity index (χ4v) is 7.91. The Morgan fingerprint density at radius 2 is 1.95 bits per heavy atom. The molecule has 2 aromatic heterocycles. The molecule has 2 saturated carbocycles. The third-order valence-corrected chi connectivity index (χ3v) is 10.7. The molecule has 2 N–H and O–H groups in total. The number of rotatable bonds is 8. The van der Waals surface area contributed by atoms with Crippen molar-refractivity contribution < 1.29 is 24.2 Å². The standard InChI is InChI=1S/C32H40N6O5S/c1-19-16-37(31(41)21-7-10-42-17-21)8-9-38(19)24-11-22(12-24)30(40)36-32-35-25-6-5-20(13-28(25)44-32)23-14-33-29(34-15-23)18-43-27-4-2-3-26(27)39/h5-6,13-15,19,21-22,24,26-27,39H,2-4,7-12,16-18H2,1H3,(H,35,36,40)/t19-,21-,22?,24?,26-,27-/m0/s1. The fraction of sp³-hybridized carbons (Fsp3) is 0.594. The predicted octanol–water partition coefficient (Wildman–Crippen LogP) is 3.47. The van der Waals surface area contributed by atoms with Gasteiger partial charge < -0.3 is 24.8 Å². The van der Waals surface area contributed by atoms with Gasteiger partial charge in [-0.1, -0.05) is 17.4 Å². The van der Waals surface area contributed by atoms with E-state index < -0.39 is 6.10 Å². The molecule has 4 fully saturated rings. The van der Waals surface area contributed by atoms with E-state index >= 15 is 0 Å². The van der Waals surface area contributed by atoms with E-state index in [1.54, 1.807) is 12.4 Å². The van der Waals surface area contributed by atoms with Crippen molar-refractivity contribution >= 4 is 38.5 Å². The Morgan fingerprint density at radius 3 is 2.68 bits per heavy atom. The van der Waals surface area contributed by atoms with Crippen LogP contribution in [-0.2, 0) is 25.7 Å². The van der Waals surface area contributed by atoms with Crippen LogP contribution in [0.15, 0.2) is 30.6 Å². The second kappa shape index (κ2) is 12.8. The zero-order chi connectivity index (χ0) is 30.2. The molecule has 1 aromatic carbocycles. The summed E-state index contributed by atoms with van der Waals surface area (Å²) in [5.74, 6) is 0.845. The third kappa shape index (κ3) is 6.23. The highest BCUT2D eigenvalue weighted by Crippen LogP contribution is 2.36. The van der Waals surface area contributed by atoms with Crippen LogP contribution in [0.1, 0.15) is 51.3 Å². The number of fused-ring (bicyclic) bond motifs is 1. The van der Waals surface area contributed by atoms with E-state index in [1.807, 2.05) is 17.0 Å². The second-order valence-corrected chi connectivity index (χ2v) is 13.7. The number of thiazole rings is 1. The van der Waals surface area contributed by atoms with Crippen LogP contribution in [0, 0.1) is 11.8 Å². The lowest BCUT2D eigenvalue weighted by Crippen LogP contribution is -2.60. The maximum atomic E-state index is 13.1. The minimum absolute atomic E-state index is 0.0173. The average Bonchev–Trinajstić information content (AvgIpc) is 3.77. The number of hydrogen-bond donors (Lipinski definition) is 2. The summed E-state index contributed by atoms with van der Waals surface area (Å²) in [5.41, 5.74) is 2.71. The number of carbonyl (C=O) groups is 2. The topological polar surface area (TPSA) is 130 Å². The van der Waals surface area contributed by atoms with Gasteiger partial charge in [0.25, 0.3) is 0 Å². The number of aliphatic hydroxyl groups excluding tert-OH is 1. The highest BCUT2D eigenvalue weighted by molar-refractivity contribution is 7.22. The molecular formula is C32H40N6O5S. The van der Waals surface area contributed by atoms with Crippen LogP contribution in [-0.4, -0.2) is 98.8 Å². The molecule has 7 rings (SSSR count). The summed E-state index contributed by atoms with van der Waals surface area (Å²) in [4.78, 5) is 43.9. The van der Waals surface area contributed by atoms with Crippen molar-refractivity contribution in [1.82, 2.24) is 24.8 Å². The number of hydrogen-bond acceptors (Lipinski definition) is 10. The van der Waals surface area contributed by atoms with E-state index in [0.29, 0.717) is 30.2 Å². The molecule has 2 saturated heterocycles. The minimum atomic E-state index is -0.396. The normalized spacial score (nSPS) is 29.2. The smallest absolute Gasteiger partial charge is 0.229 e. The molecule has 44 heavy (non-hydrogen) atoms. The van der Waals surface area contributed by atoms with Gasteiger partial charge in [-0.2, -0.15) is 0 Å². The van der Waals surface area contributed by atoms with Crippen LogP contribution < -0.4 is 5.32 Å². The van der Waals surface area contributed by atoms with Crippen LogP contribution >= 0.6 is 11.3 Å². The number of carbonyl (C=O) groups excluding carboxylic acids is 2. The number of ether oxygens (including phenoxy) is 2. The highest BCUT2D eigenvalue weighted by Gasteiger charge is 2.42. The molecule has 4 heterocycles. The minimum Gasteiger partial charge on any atom is -0.390 e. The Labute approximate surface area is 261 Å². The molecule has 0 radical (unpaired) electrons. The molecule has 0 bridgehead atoms. The molecule has 4 atom stereocenters. The Hall–Kier alpha value is -3.03. The van der Waals surface area contributed by atoms with Gasteiger partial charge >= 0.3 is 0 Å². The van der Waals surface area contributed by atoms with Gasteiger partial charge in [0.1, 0.15) is 6.61 Å². The molecule has 234 valence electrons. The number of aromatic nitrogens is 3. The first kappa shape index (κ1) is 29.7. The van der Waals surface area contributed by atoms with Crippen molar-refractivity contribution in [2.75, 3.05) is 38.2 Å². The van der Waals surface area contributed by atoms with Gasteiger partial charge in [0, 0.05) is 62.2 Å². The van der Waals surface area contributed by atoms with Gasteiger partial charge in [-0.25, -0.2) is 15.0 Å². The van der Waals surface area contributed by atoms with Crippen molar-refractivity contribution in [1.29, 1.82) is 0 Å². The summed E-state index contributed by atoms with van der Waals surface area (Å²) in [6.45, 7) is 6.05. The molecule has 11 nitrogen and oxygen atoms in total. The molecule has 0 unspecified atom stereocenters. The van der Waals surface area contributed by atoms with E-state index in [9.17, 15) is 14.7 Å². The van der Waals surface area contributed by atoms with Crippen LogP contribution in [0.25, 0.3) is 21.3 Å². The molecule has 2 aliphatic carbocycles. The first-order valence-corrected chi connectivity index (χ1v) is 16.7. The summed E-state index contributed by atoms with van der Waals surface area (Å²) in [6.07, 6.45) is 8.19. The van der Waals surface area contributed by atoms with Gasteiger partial charge in [-0.15, -0.1) is 0 Å². The molecule has 0 spiro atoms. The Balaban J connectivity index is 0.900. The number of benzene rings is 1. The van der Waals surface area contributed by atoms with E-state index in [4.69, 9.17) is 9.47 Å². The monoisotopic (exact) mass is 620 g/mol. The van der Waals surface area contributed by atoms with Crippen molar-refractivity contribution in [2.45, 2.75) is 76.3 Å². The molecule has 4 aliphatic rings. The highest BCUT2D eigenvalue weighted by atomic mass is 32.1. The number of amides is 2. The van der Waals surface area contributed by atoms with Crippen LogP contribution in [0.2, 0.25) is 0 Å². The zero-order valence-electron chi connectivity index (χ0n) is 25.1. The van der Waals surface area contributed by atoms with E-state index in [-0.39, 0.29) is 42.4 Å². The van der Waals surface area contributed by atoms with Gasteiger partial charge in [0.15, 0.2) is 11.0 Å². The Kier molecular flexibility index (Phi) is 8.60. The lowest BCUT2D eigenvalue weighted by atomic mass is 9.78. The molecule has 2 aliphatic heterocycles.